The predicted octanol–water partition coefficient (Wildman–Crippen LogP) is 0.132. The first-order valence-electron chi connectivity index (χ1n) is 8.99. The van der Waals surface area contributed by atoms with Crippen LogP contribution in [0.25, 0.3) is 0 Å². The Morgan fingerprint density at radius 3 is 2.52 bits per heavy atom. The molecule has 0 aromatic carbocycles. The first-order valence-corrected chi connectivity index (χ1v) is 8.99. The van der Waals surface area contributed by atoms with Crippen molar-refractivity contribution in [1.29, 1.82) is 0 Å². The molecule has 6 heteroatoms. The summed E-state index contributed by atoms with van der Waals surface area (Å²) in [4.78, 5) is 17.3. The molecule has 23 heavy (non-hydrogen) atoms. The number of hydrogen-bond acceptors (Lipinski definition) is 5. The number of amides is 1. The van der Waals surface area contributed by atoms with Crippen molar-refractivity contribution in [3.05, 3.63) is 0 Å². The van der Waals surface area contributed by atoms with Gasteiger partial charge in [0.15, 0.2) is 0 Å². The largest absolute Gasteiger partial charge is 0.381 e. The van der Waals surface area contributed by atoms with Crippen LogP contribution in [0.3, 0.4) is 0 Å². The van der Waals surface area contributed by atoms with Gasteiger partial charge in [0.05, 0.1) is 5.41 Å². The number of hydrogen-bond donors (Lipinski definition) is 2. The lowest BCUT2D eigenvalue weighted by Gasteiger charge is -2.36. The Morgan fingerprint density at radius 1 is 1.30 bits per heavy atom. The van der Waals surface area contributed by atoms with E-state index in [4.69, 9.17) is 10.5 Å². The van der Waals surface area contributed by atoms with Gasteiger partial charge in [-0.3, -0.25) is 4.79 Å². The molecule has 0 unspecified atom stereocenters. The van der Waals surface area contributed by atoms with Gasteiger partial charge < -0.3 is 25.6 Å². The van der Waals surface area contributed by atoms with Crippen LogP contribution in [-0.2, 0) is 9.53 Å². The number of carbonyl (C=O) groups excluding carboxylic acids is 1. The molecular formula is C17H34N4O2. The van der Waals surface area contributed by atoms with E-state index in [1.165, 1.54) is 12.8 Å². The Morgan fingerprint density at radius 2 is 1.96 bits per heavy atom. The first-order chi connectivity index (χ1) is 11.1. The highest BCUT2D eigenvalue weighted by Crippen LogP contribution is 2.29. The van der Waals surface area contributed by atoms with Crippen molar-refractivity contribution in [3.8, 4) is 0 Å². The number of piperidine rings is 1. The molecule has 0 aromatic rings. The number of likely N-dealkylation sites (N-methyl/N-ethyl adjacent to an activating group) is 1. The van der Waals surface area contributed by atoms with E-state index < -0.39 is 5.41 Å². The monoisotopic (exact) mass is 326 g/mol. The van der Waals surface area contributed by atoms with Crippen molar-refractivity contribution >= 4 is 5.91 Å². The Kier molecular flexibility index (Phi) is 7.27. The fourth-order valence-electron chi connectivity index (χ4n) is 3.47. The molecule has 2 heterocycles. The summed E-state index contributed by atoms with van der Waals surface area (Å²) in [5, 5.41) is 3.18. The van der Waals surface area contributed by atoms with Crippen LogP contribution in [-0.4, -0.2) is 82.3 Å². The third kappa shape index (κ3) is 5.41. The van der Waals surface area contributed by atoms with Crippen LogP contribution in [0.15, 0.2) is 0 Å². The molecule has 3 N–H and O–H groups in total. The third-order valence-electron chi connectivity index (χ3n) is 5.44. The quantitative estimate of drug-likeness (QED) is 0.696. The van der Waals surface area contributed by atoms with Gasteiger partial charge in [-0.2, -0.15) is 0 Å². The maximum atomic E-state index is 12.6. The number of ether oxygens (including phenoxy) is 1. The maximum absolute atomic E-state index is 12.6. The zero-order valence-electron chi connectivity index (χ0n) is 14.9. The van der Waals surface area contributed by atoms with Gasteiger partial charge in [0, 0.05) is 39.4 Å². The molecule has 0 saturated carbocycles. The number of nitrogens with two attached hydrogens (primary N) is 1. The molecule has 2 aliphatic heterocycles. The smallest absolute Gasteiger partial charge is 0.227 e. The molecule has 1 amide bonds. The lowest BCUT2D eigenvalue weighted by molar-refractivity contribution is -0.136. The van der Waals surface area contributed by atoms with Gasteiger partial charge in [0.1, 0.15) is 0 Å². The zero-order valence-corrected chi connectivity index (χ0v) is 14.9. The van der Waals surface area contributed by atoms with Crippen LogP contribution in [0.4, 0.5) is 0 Å². The number of nitrogens with one attached hydrogen (secondary N) is 1. The fourth-order valence-corrected chi connectivity index (χ4v) is 3.47. The highest BCUT2D eigenvalue weighted by atomic mass is 16.5. The third-order valence-corrected chi connectivity index (χ3v) is 5.44. The Labute approximate surface area is 140 Å². The van der Waals surface area contributed by atoms with Gasteiger partial charge in [-0.25, -0.2) is 0 Å². The molecule has 0 aromatic heterocycles. The van der Waals surface area contributed by atoms with E-state index in [1.807, 2.05) is 0 Å². The van der Waals surface area contributed by atoms with Gasteiger partial charge in [0.25, 0.3) is 0 Å². The molecule has 0 radical (unpaired) electrons. The minimum Gasteiger partial charge on any atom is -0.381 e. The van der Waals surface area contributed by atoms with Crippen LogP contribution in [0.1, 0.15) is 25.7 Å². The second-order valence-corrected chi connectivity index (χ2v) is 7.40. The molecule has 0 atom stereocenters. The van der Waals surface area contributed by atoms with Crippen molar-refractivity contribution in [2.24, 2.45) is 17.1 Å². The molecule has 134 valence electrons. The van der Waals surface area contributed by atoms with Crippen molar-refractivity contribution in [3.63, 3.8) is 0 Å². The lowest BCUT2D eigenvalue weighted by Crippen LogP contribution is -2.50. The van der Waals surface area contributed by atoms with E-state index in [9.17, 15) is 4.79 Å². The van der Waals surface area contributed by atoms with Crippen molar-refractivity contribution in [2.75, 3.05) is 66.6 Å². The second kappa shape index (κ2) is 8.97. The molecule has 2 rings (SSSR count). The average molecular weight is 326 g/mol. The van der Waals surface area contributed by atoms with Crippen LogP contribution in [0.2, 0.25) is 0 Å². The van der Waals surface area contributed by atoms with E-state index in [0.717, 1.165) is 45.6 Å². The maximum Gasteiger partial charge on any atom is 0.227 e. The lowest BCUT2D eigenvalue weighted by atomic mass is 9.79. The summed E-state index contributed by atoms with van der Waals surface area (Å²) in [6.07, 6.45) is 3.84. The Bertz CT molecular complexity index is 362. The van der Waals surface area contributed by atoms with E-state index >= 15 is 0 Å². The van der Waals surface area contributed by atoms with Crippen LogP contribution < -0.4 is 11.1 Å². The molecule has 2 fully saturated rings. The van der Waals surface area contributed by atoms with Crippen LogP contribution >= 0.6 is 0 Å². The number of likely N-dealkylation sites (tertiary alicyclic amines) is 1. The summed E-state index contributed by atoms with van der Waals surface area (Å²) in [5.41, 5.74) is 5.50. The summed E-state index contributed by atoms with van der Waals surface area (Å²) in [5.74, 6) is 0.738. The van der Waals surface area contributed by atoms with Crippen molar-refractivity contribution in [2.45, 2.75) is 25.7 Å². The molecule has 2 aliphatic rings. The van der Waals surface area contributed by atoms with Crippen LogP contribution in [0, 0.1) is 11.3 Å². The summed E-state index contributed by atoms with van der Waals surface area (Å²) in [7, 11) is 4.23. The van der Waals surface area contributed by atoms with Crippen LogP contribution in [0.5, 0.6) is 0 Å². The summed E-state index contributed by atoms with van der Waals surface area (Å²) in [6, 6.07) is 0. The molecule has 0 aliphatic carbocycles. The predicted molar refractivity (Wildman–Crippen MR) is 92.3 cm³/mol. The molecular weight excluding hydrogens is 292 g/mol. The number of carbonyl (C=O) groups is 1. The molecule has 2 saturated heterocycles. The minimum atomic E-state index is -0.398. The van der Waals surface area contributed by atoms with Crippen molar-refractivity contribution < 1.29 is 9.53 Å². The minimum absolute atomic E-state index is 0.137. The average Bonchev–Trinajstić information content (AvgIpc) is 2.59. The normalized spacial score (nSPS) is 23.1. The molecule has 0 bridgehead atoms. The summed E-state index contributed by atoms with van der Waals surface area (Å²) < 4.78 is 5.38. The van der Waals surface area contributed by atoms with E-state index in [2.05, 4.69) is 29.2 Å². The SMILES string of the molecule is CN(C)CCN1CCC(CNC(=O)C2(CN)CCOCC2)CC1. The highest BCUT2D eigenvalue weighted by molar-refractivity contribution is 5.83. The molecule has 6 nitrogen and oxygen atoms in total. The molecule has 0 spiro atoms. The van der Waals surface area contributed by atoms with E-state index in [-0.39, 0.29) is 5.91 Å². The highest BCUT2D eigenvalue weighted by Gasteiger charge is 2.38. The first kappa shape index (κ1) is 18.6. The standard InChI is InChI=1S/C17H34N4O2/c1-20(2)9-10-21-7-3-15(4-8-21)13-19-16(22)17(14-18)5-11-23-12-6-17/h15H,3-14,18H2,1-2H3,(H,19,22). The second-order valence-electron chi connectivity index (χ2n) is 7.40. The fraction of sp³-hybridized carbons (Fsp3) is 0.941. The number of nitrogens with zero attached hydrogens (tertiary/aromatic N) is 2. The summed E-state index contributed by atoms with van der Waals surface area (Å²) >= 11 is 0. The van der Waals surface area contributed by atoms with Gasteiger partial charge in [0.2, 0.25) is 5.91 Å². The summed E-state index contributed by atoms with van der Waals surface area (Å²) in [6.45, 7) is 7.05. The van der Waals surface area contributed by atoms with Gasteiger partial charge in [-0.05, 0) is 58.8 Å². The Balaban J connectivity index is 1.69. The zero-order chi connectivity index (χ0) is 16.7. The topological polar surface area (TPSA) is 70.8 Å². The van der Waals surface area contributed by atoms with Gasteiger partial charge in [-0.15, -0.1) is 0 Å². The number of rotatable bonds is 7. The van der Waals surface area contributed by atoms with Crippen molar-refractivity contribution in [1.82, 2.24) is 15.1 Å². The van der Waals surface area contributed by atoms with Gasteiger partial charge in [-0.1, -0.05) is 0 Å². The van der Waals surface area contributed by atoms with Gasteiger partial charge >= 0.3 is 0 Å². The van der Waals surface area contributed by atoms with E-state index in [1.54, 1.807) is 0 Å². The van der Waals surface area contributed by atoms with E-state index in [0.29, 0.717) is 25.7 Å². The Hall–Kier alpha value is -0.690.